The lowest BCUT2D eigenvalue weighted by atomic mass is 10.1. The molecular weight excluding hydrogens is 242 g/mol. The fourth-order valence-corrected chi connectivity index (χ4v) is 2.17. The van der Waals surface area contributed by atoms with Crippen molar-refractivity contribution in [1.82, 2.24) is 5.32 Å². The van der Waals surface area contributed by atoms with Gasteiger partial charge in [-0.1, -0.05) is 44.8 Å². The summed E-state index contributed by atoms with van der Waals surface area (Å²) in [6.45, 7) is 2.23. The normalized spacial score (nSPS) is 17.1. The highest BCUT2D eigenvalue weighted by atomic mass is 14.8. The Balaban J connectivity index is 0.000000217. The zero-order valence-corrected chi connectivity index (χ0v) is 13.0. The second kappa shape index (κ2) is 12.6. The van der Waals surface area contributed by atoms with Crippen LogP contribution in [0.5, 0.6) is 0 Å². The topological polar surface area (TPSA) is 12.0 Å². The zero-order chi connectivity index (χ0) is 14.3. The fraction of sp³-hybridized carbons (Fsp3) is 0.579. The fourth-order valence-electron chi connectivity index (χ4n) is 2.17. The second-order valence-electron chi connectivity index (χ2n) is 5.31. The first-order valence-electron chi connectivity index (χ1n) is 8.18. The van der Waals surface area contributed by atoms with Gasteiger partial charge in [-0.15, -0.1) is 11.8 Å². The standard InChI is InChI=1S/C11H17N.C8H12/c1-2-3-5-8-11-9-6-4-7-10-12-11;1-2-4-6-8-7-5-3-1/h4,6-7,9-10,12H,2-3,5,8H2,1H3;1-6H2. The first kappa shape index (κ1) is 16.6. The summed E-state index contributed by atoms with van der Waals surface area (Å²) in [7, 11) is 0. The highest BCUT2D eigenvalue weighted by molar-refractivity contribution is 5.20. The molecule has 0 aromatic heterocycles. The van der Waals surface area contributed by atoms with Gasteiger partial charge < -0.3 is 5.32 Å². The molecule has 1 aliphatic heterocycles. The van der Waals surface area contributed by atoms with Crippen LogP contribution in [0.3, 0.4) is 0 Å². The van der Waals surface area contributed by atoms with Crippen LogP contribution in [0.4, 0.5) is 0 Å². The highest BCUT2D eigenvalue weighted by Gasteiger charge is 1.94. The Bertz CT molecular complexity index is 364. The van der Waals surface area contributed by atoms with E-state index in [9.17, 15) is 0 Å². The van der Waals surface area contributed by atoms with Gasteiger partial charge in [-0.2, -0.15) is 0 Å². The van der Waals surface area contributed by atoms with Gasteiger partial charge in [0.1, 0.15) is 0 Å². The molecule has 0 atom stereocenters. The monoisotopic (exact) mass is 271 g/mol. The lowest BCUT2D eigenvalue weighted by Gasteiger charge is -2.04. The molecule has 1 aliphatic carbocycles. The van der Waals surface area contributed by atoms with E-state index in [1.165, 1.54) is 57.1 Å². The molecular formula is C19H29N. The van der Waals surface area contributed by atoms with Gasteiger partial charge in [0.05, 0.1) is 0 Å². The van der Waals surface area contributed by atoms with Gasteiger partial charge in [0, 0.05) is 24.7 Å². The van der Waals surface area contributed by atoms with Gasteiger partial charge in [0.2, 0.25) is 0 Å². The molecule has 2 aliphatic rings. The van der Waals surface area contributed by atoms with Crippen molar-refractivity contribution >= 4 is 0 Å². The van der Waals surface area contributed by atoms with Crippen LogP contribution in [0.15, 0.2) is 36.2 Å². The quantitative estimate of drug-likeness (QED) is 0.528. The van der Waals surface area contributed by atoms with Crippen molar-refractivity contribution in [2.24, 2.45) is 0 Å². The number of hydrogen-bond donors (Lipinski definition) is 1. The molecule has 110 valence electrons. The predicted octanol–water partition coefficient (Wildman–Crippen LogP) is 5.47. The highest BCUT2D eigenvalue weighted by Crippen LogP contribution is 2.08. The van der Waals surface area contributed by atoms with Crippen LogP contribution in [0.25, 0.3) is 0 Å². The van der Waals surface area contributed by atoms with Gasteiger partial charge in [-0.25, -0.2) is 0 Å². The molecule has 0 aromatic carbocycles. The summed E-state index contributed by atoms with van der Waals surface area (Å²) in [6.07, 6.45) is 23.1. The maximum atomic E-state index is 3.26. The lowest BCUT2D eigenvalue weighted by molar-refractivity contribution is 0.652. The third-order valence-electron chi connectivity index (χ3n) is 3.41. The van der Waals surface area contributed by atoms with E-state index in [-0.39, 0.29) is 0 Å². The molecule has 20 heavy (non-hydrogen) atoms. The van der Waals surface area contributed by atoms with Crippen LogP contribution in [-0.4, -0.2) is 0 Å². The Kier molecular flexibility index (Phi) is 10.5. The smallest absolute Gasteiger partial charge is 0.0146 e. The molecule has 0 unspecified atom stereocenters. The summed E-state index contributed by atoms with van der Waals surface area (Å²) < 4.78 is 0. The molecule has 0 spiro atoms. The maximum absolute atomic E-state index is 3.26. The number of rotatable bonds is 4. The van der Waals surface area contributed by atoms with Crippen LogP contribution in [0.1, 0.15) is 71.1 Å². The molecule has 0 fully saturated rings. The molecule has 1 N–H and O–H groups in total. The Morgan fingerprint density at radius 3 is 2.40 bits per heavy atom. The lowest BCUT2D eigenvalue weighted by Crippen LogP contribution is -2.03. The summed E-state index contributed by atoms with van der Waals surface area (Å²) in [4.78, 5) is 0. The van der Waals surface area contributed by atoms with Crippen molar-refractivity contribution in [2.75, 3.05) is 0 Å². The van der Waals surface area contributed by atoms with Crippen LogP contribution in [0, 0.1) is 11.8 Å². The van der Waals surface area contributed by atoms with Crippen molar-refractivity contribution in [3.63, 3.8) is 0 Å². The molecule has 1 heterocycles. The van der Waals surface area contributed by atoms with Gasteiger partial charge in [-0.3, -0.25) is 0 Å². The Labute approximate surface area is 125 Å². The minimum atomic E-state index is 1.14. The molecule has 1 nitrogen and oxygen atoms in total. The van der Waals surface area contributed by atoms with Crippen molar-refractivity contribution in [2.45, 2.75) is 71.1 Å². The number of allylic oxidation sites excluding steroid dienone is 5. The van der Waals surface area contributed by atoms with Crippen LogP contribution >= 0.6 is 0 Å². The minimum absolute atomic E-state index is 1.14. The predicted molar refractivity (Wildman–Crippen MR) is 89.1 cm³/mol. The SMILES string of the molecule is C1#CCCCCCC1.CCCCCC1=CC=CC=CN1. The molecule has 0 saturated carbocycles. The van der Waals surface area contributed by atoms with E-state index < -0.39 is 0 Å². The van der Waals surface area contributed by atoms with Gasteiger partial charge in [-0.05, 0) is 37.8 Å². The molecule has 0 bridgehead atoms. The van der Waals surface area contributed by atoms with E-state index in [2.05, 4.69) is 36.2 Å². The molecule has 2 rings (SSSR count). The van der Waals surface area contributed by atoms with E-state index in [4.69, 9.17) is 0 Å². The molecule has 0 saturated heterocycles. The van der Waals surface area contributed by atoms with Crippen molar-refractivity contribution in [1.29, 1.82) is 0 Å². The first-order chi connectivity index (χ1) is 9.93. The average molecular weight is 271 g/mol. The number of unbranched alkanes of at least 4 members (excludes halogenated alkanes) is 2. The Morgan fingerprint density at radius 1 is 0.950 bits per heavy atom. The minimum Gasteiger partial charge on any atom is -0.365 e. The van der Waals surface area contributed by atoms with Crippen LogP contribution in [-0.2, 0) is 0 Å². The first-order valence-corrected chi connectivity index (χ1v) is 8.18. The van der Waals surface area contributed by atoms with Gasteiger partial charge >= 0.3 is 0 Å². The van der Waals surface area contributed by atoms with E-state index in [0.717, 1.165) is 12.8 Å². The van der Waals surface area contributed by atoms with E-state index in [0.29, 0.717) is 0 Å². The summed E-state index contributed by atoms with van der Waals surface area (Å²) in [6, 6.07) is 0. The van der Waals surface area contributed by atoms with Crippen LogP contribution < -0.4 is 5.32 Å². The summed E-state index contributed by atoms with van der Waals surface area (Å²) in [5.74, 6) is 6.27. The van der Waals surface area contributed by atoms with Crippen molar-refractivity contribution in [3.05, 3.63) is 36.2 Å². The molecule has 1 heteroatoms. The Hall–Kier alpha value is -1.42. The summed E-state index contributed by atoms with van der Waals surface area (Å²) in [5.41, 5.74) is 1.33. The second-order valence-corrected chi connectivity index (χ2v) is 5.31. The third kappa shape index (κ3) is 9.50. The van der Waals surface area contributed by atoms with Crippen LogP contribution in [0.2, 0.25) is 0 Å². The summed E-state index contributed by atoms with van der Waals surface area (Å²) >= 11 is 0. The zero-order valence-electron chi connectivity index (χ0n) is 13.0. The number of hydrogen-bond acceptors (Lipinski definition) is 1. The largest absolute Gasteiger partial charge is 0.365 e. The number of nitrogens with one attached hydrogen (secondary N) is 1. The molecule has 0 radical (unpaired) electrons. The third-order valence-corrected chi connectivity index (χ3v) is 3.41. The average Bonchev–Trinajstić information content (AvgIpc) is 2.68. The van der Waals surface area contributed by atoms with Crippen molar-refractivity contribution in [3.8, 4) is 11.8 Å². The molecule has 0 aromatic rings. The summed E-state index contributed by atoms with van der Waals surface area (Å²) in [5, 5.41) is 3.26. The van der Waals surface area contributed by atoms with Gasteiger partial charge in [0.25, 0.3) is 0 Å². The van der Waals surface area contributed by atoms with E-state index in [1.54, 1.807) is 0 Å². The Morgan fingerprint density at radius 2 is 1.70 bits per heavy atom. The van der Waals surface area contributed by atoms with E-state index in [1.807, 2.05) is 18.4 Å². The van der Waals surface area contributed by atoms with E-state index >= 15 is 0 Å². The van der Waals surface area contributed by atoms with Crippen molar-refractivity contribution < 1.29 is 0 Å². The molecule has 0 amide bonds. The van der Waals surface area contributed by atoms with Gasteiger partial charge in [0.15, 0.2) is 0 Å². The maximum Gasteiger partial charge on any atom is 0.0146 e.